The van der Waals surface area contributed by atoms with Crippen molar-refractivity contribution in [3.63, 3.8) is 0 Å². The van der Waals surface area contributed by atoms with Gasteiger partial charge in [-0.25, -0.2) is 0 Å². The van der Waals surface area contributed by atoms with Gasteiger partial charge in [0, 0.05) is 26.1 Å². The molecule has 1 N–H and O–H groups in total. The molecule has 0 radical (unpaired) electrons. The largest absolute Gasteiger partial charge is 0.489 e. The summed E-state index contributed by atoms with van der Waals surface area (Å²) in [5, 5.41) is 4.08. The Morgan fingerprint density at radius 3 is 2.86 bits per heavy atom. The van der Waals surface area contributed by atoms with E-state index in [1.165, 1.54) is 12.0 Å². The van der Waals surface area contributed by atoms with Crippen LogP contribution in [0.4, 0.5) is 0 Å². The minimum atomic E-state index is 0. The maximum absolute atomic E-state index is 6.33. The fourth-order valence-corrected chi connectivity index (χ4v) is 2.98. The standard InChI is InChI=1S/C15H21ClN2O2.ClH/c16-13-9-12(11-18-5-1-3-17-4-6-18)10-14-15(13)20-8-2-7-19-14;/h9-10,17H,1-8,11H2;1H. The molecule has 0 atom stereocenters. The molecule has 21 heavy (non-hydrogen) atoms. The smallest absolute Gasteiger partial charge is 0.179 e. The number of halogens is 2. The average molecular weight is 333 g/mol. The van der Waals surface area contributed by atoms with Gasteiger partial charge in [0.15, 0.2) is 11.5 Å². The van der Waals surface area contributed by atoms with E-state index in [-0.39, 0.29) is 12.4 Å². The van der Waals surface area contributed by atoms with Gasteiger partial charge in [0.1, 0.15) is 0 Å². The summed E-state index contributed by atoms with van der Waals surface area (Å²) in [6, 6.07) is 4.08. The number of nitrogens with one attached hydrogen (secondary N) is 1. The highest BCUT2D eigenvalue weighted by Gasteiger charge is 2.17. The maximum Gasteiger partial charge on any atom is 0.179 e. The molecule has 0 bridgehead atoms. The topological polar surface area (TPSA) is 33.7 Å². The van der Waals surface area contributed by atoms with Gasteiger partial charge in [-0.3, -0.25) is 4.90 Å². The molecule has 3 rings (SSSR count). The van der Waals surface area contributed by atoms with Gasteiger partial charge in [-0.1, -0.05) is 11.6 Å². The van der Waals surface area contributed by atoms with Crippen LogP contribution in [0.2, 0.25) is 5.02 Å². The van der Waals surface area contributed by atoms with Gasteiger partial charge in [-0.15, -0.1) is 12.4 Å². The van der Waals surface area contributed by atoms with E-state index in [2.05, 4.69) is 16.3 Å². The summed E-state index contributed by atoms with van der Waals surface area (Å²) >= 11 is 6.33. The van der Waals surface area contributed by atoms with Crippen molar-refractivity contribution in [2.24, 2.45) is 0 Å². The van der Waals surface area contributed by atoms with Crippen LogP contribution in [0.3, 0.4) is 0 Å². The van der Waals surface area contributed by atoms with Gasteiger partial charge in [0.25, 0.3) is 0 Å². The zero-order valence-electron chi connectivity index (χ0n) is 12.1. The van der Waals surface area contributed by atoms with E-state index in [1.807, 2.05) is 6.07 Å². The number of fused-ring (bicyclic) bond motifs is 1. The lowest BCUT2D eigenvalue weighted by molar-refractivity contribution is 0.283. The molecule has 0 aromatic heterocycles. The first-order valence-electron chi connectivity index (χ1n) is 7.34. The van der Waals surface area contributed by atoms with Crippen molar-refractivity contribution >= 4 is 24.0 Å². The summed E-state index contributed by atoms with van der Waals surface area (Å²) in [4.78, 5) is 2.45. The zero-order valence-corrected chi connectivity index (χ0v) is 13.6. The van der Waals surface area contributed by atoms with Gasteiger partial charge in [-0.2, -0.15) is 0 Å². The van der Waals surface area contributed by atoms with Crippen LogP contribution in [0.25, 0.3) is 0 Å². The second-order valence-electron chi connectivity index (χ2n) is 5.34. The zero-order chi connectivity index (χ0) is 13.8. The number of benzene rings is 1. The van der Waals surface area contributed by atoms with E-state index in [0.717, 1.165) is 44.9 Å². The van der Waals surface area contributed by atoms with E-state index in [1.54, 1.807) is 0 Å². The Kier molecular flexibility index (Phi) is 6.42. The molecule has 118 valence electrons. The van der Waals surface area contributed by atoms with Gasteiger partial charge in [-0.05, 0) is 37.2 Å². The van der Waals surface area contributed by atoms with Crippen molar-refractivity contribution < 1.29 is 9.47 Å². The van der Waals surface area contributed by atoms with Crippen LogP contribution in [0, 0.1) is 0 Å². The molecule has 0 spiro atoms. The van der Waals surface area contributed by atoms with Crippen LogP contribution in [-0.4, -0.2) is 44.3 Å². The Labute approximate surface area is 137 Å². The first kappa shape index (κ1) is 16.7. The quantitative estimate of drug-likeness (QED) is 0.902. The van der Waals surface area contributed by atoms with Crippen molar-refractivity contribution in [3.8, 4) is 11.5 Å². The molecule has 2 heterocycles. The highest BCUT2D eigenvalue weighted by Crippen LogP contribution is 2.38. The van der Waals surface area contributed by atoms with Gasteiger partial charge < -0.3 is 14.8 Å². The summed E-state index contributed by atoms with van der Waals surface area (Å²) in [7, 11) is 0. The lowest BCUT2D eigenvalue weighted by atomic mass is 10.2. The number of hydrogen-bond acceptors (Lipinski definition) is 4. The fraction of sp³-hybridized carbons (Fsp3) is 0.600. The van der Waals surface area contributed by atoms with E-state index in [4.69, 9.17) is 21.1 Å². The van der Waals surface area contributed by atoms with Crippen molar-refractivity contribution in [1.82, 2.24) is 10.2 Å². The van der Waals surface area contributed by atoms with E-state index in [9.17, 15) is 0 Å². The highest BCUT2D eigenvalue weighted by atomic mass is 35.5. The van der Waals surface area contributed by atoms with Crippen molar-refractivity contribution in [2.75, 3.05) is 39.4 Å². The maximum atomic E-state index is 6.33. The second-order valence-corrected chi connectivity index (χ2v) is 5.74. The minimum Gasteiger partial charge on any atom is -0.489 e. The molecule has 2 aliphatic heterocycles. The average Bonchev–Trinajstić information content (AvgIpc) is 2.81. The Bertz CT molecular complexity index is 463. The summed E-state index contributed by atoms with van der Waals surface area (Å²) in [5.74, 6) is 1.49. The second kappa shape index (κ2) is 8.08. The van der Waals surface area contributed by atoms with Gasteiger partial charge in [0.2, 0.25) is 0 Å². The van der Waals surface area contributed by atoms with E-state index < -0.39 is 0 Å². The Morgan fingerprint density at radius 1 is 1.10 bits per heavy atom. The molecule has 6 heteroatoms. The van der Waals surface area contributed by atoms with Crippen molar-refractivity contribution in [3.05, 3.63) is 22.7 Å². The lowest BCUT2D eigenvalue weighted by Gasteiger charge is -2.20. The summed E-state index contributed by atoms with van der Waals surface area (Å²) in [5.41, 5.74) is 1.20. The Balaban J connectivity index is 0.00000161. The lowest BCUT2D eigenvalue weighted by Crippen LogP contribution is -2.27. The molecular formula is C15H22Cl2N2O2. The molecule has 0 unspecified atom stereocenters. The predicted molar refractivity (Wildman–Crippen MR) is 87.1 cm³/mol. The normalized spacial score (nSPS) is 19.3. The van der Waals surface area contributed by atoms with E-state index >= 15 is 0 Å². The molecule has 1 saturated heterocycles. The van der Waals surface area contributed by atoms with Crippen LogP contribution in [0.15, 0.2) is 12.1 Å². The van der Waals surface area contributed by atoms with E-state index in [0.29, 0.717) is 24.0 Å². The Morgan fingerprint density at radius 2 is 1.95 bits per heavy atom. The molecule has 0 saturated carbocycles. The van der Waals surface area contributed by atoms with Crippen LogP contribution in [-0.2, 0) is 6.54 Å². The molecular weight excluding hydrogens is 311 g/mol. The van der Waals surface area contributed by atoms with Crippen LogP contribution < -0.4 is 14.8 Å². The third-order valence-electron chi connectivity index (χ3n) is 3.70. The van der Waals surface area contributed by atoms with Gasteiger partial charge in [0.05, 0.1) is 18.2 Å². The predicted octanol–water partition coefficient (Wildman–Crippen LogP) is 2.72. The van der Waals surface area contributed by atoms with Crippen LogP contribution in [0.5, 0.6) is 11.5 Å². The van der Waals surface area contributed by atoms with Crippen LogP contribution in [0.1, 0.15) is 18.4 Å². The monoisotopic (exact) mass is 332 g/mol. The number of ether oxygens (including phenoxy) is 2. The molecule has 2 aliphatic rings. The summed E-state index contributed by atoms with van der Waals surface area (Å²) in [6.45, 7) is 6.64. The number of nitrogens with zero attached hydrogens (tertiary/aromatic N) is 1. The fourth-order valence-electron chi connectivity index (χ4n) is 2.69. The third kappa shape index (κ3) is 4.39. The van der Waals surface area contributed by atoms with Crippen molar-refractivity contribution in [1.29, 1.82) is 0 Å². The minimum absolute atomic E-state index is 0. The molecule has 1 aromatic rings. The number of rotatable bonds is 2. The van der Waals surface area contributed by atoms with Gasteiger partial charge >= 0.3 is 0 Å². The third-order valence-corrected chi connectivity index (χ3v) is 3.98. The first-order chi connectivity index (χ1) is 9.83. The molecule has 4 nitrogen and oxygen atoms in total. The molecule has 0 aliphatic carbocycles. The molecule has 1 fully saturated rings. The summed E-state index contributed by atoms with van der Waals surface area (Å²) in [6.07, 6.45) is 2.09. The molecule has 0 amide bonds. The number of hydrogen-bond donors (Lipinski definition) is 1. The Hall–Kier alpha value is -0.680. The summed E-state index contributed by atoms with van der Waals surface area (Å²) < 4.78 is 11.4. The highest BCUT2D eigenvalue weighted by molar-refractivity contribution is 6.32. The van der Waals surface area contributed by atoms with Crippen LogP contribution >= 0.6 is 24.0 Å². The first-order valence-corrected chi connectivity index (χ1v) is 7.72. The van der Waals surface area contributed by atoms with Crippen molar-refractivity contribution in [2.45, 2.75) is 19.4 Å². The SMILES string of the molecule is Cl.Clc1cc(CN2CCCNCC2)cc2c1OCCCO2. The molecule has 1 aromatic carbocycles.